The van der Waals surface area contributed by atoms with Crippen LogP contribution in [0, 0.1) is 10.1 Å². The van der Waals surface area contributed by atoms with Crippen molar-refractivity contribution in [3.8, 4) is 0 Å². The van der Waals surface area contributed by atoms with Crippen molar-refractivity contribution in [1.82, 2.24) is 10.7 Å². The summed E-state index contributed by atoms with van der Waals surface area (Å²) in [4.78, 5) is 10.2. The fraction of sp³-hybridized carbons (Fsp3) is 0.333. The van der Waals surface area contributed by atoms with Gasteiger partial charge >= 0.3 is 0 Å². The highest BCUT2D eigenvalue weighted by molar-refractivity contribution is 7.80. The van der Waals surface area contributed by atoms with Gasteiger partial charge in [0.2, 0.25) is 0 Å². The zero-order valence-electron chi connectivity index (χ0n) is 10.6. The van der Waals surface area contributed by atoms with Gasteiger partial charge in [-0.25, -0.2) is 0 Å². The summed E-state index contributed by atoms with van der Waals surface area (Å²) in [6, 6.07) is 6.21. The van der Waals surface area contributed by atoms with Gasteiger partial charge in [0.25, 0.3) is 5.69 Å². The zero-order chi connectivity index (χ0) is 14.1. The minimum Gasteiger partial charge on any atom is -0.361 e. The third-order valence-corrected chi connectivity index (χ3v) is 2.51. The molecule has 7 heteroatoms. The molecule has 0 aliphatic carbocycles. The highest BCUT2D eigenvalue weighted by Crippen LogP contribution is 2.11. The molecule has 0 heterocycles. The molecule has 1 aromatic carbocycles. The van der Waals surface area contributed by atoms with E-state index in [4.69, 9.17) is 12.2 Å². The van der Waals surface area contributed by atoms with E-state index in [2.05, 4.69) is 22.8 Å². The largest absolute Gasteiger partial charge is 0.361 e. The molecule has 6 nitrogen and oxygen atoms in total. The van der Waals surface area contributed by atoms with Crippen LogP contribution in [0.1, 0.15) is 25.3 Å². The van der Waals surface area contributed by atoms with Gasteiger partial charge in [-0.2, -0.15) is 5.10 Å². The molecule has 0 bridgehead atoms. The molecule has 0 fully saturated rings. The molecule has 0 aromatic heterocycles. The summed E-state index contributed by atoms with van der Waals surface area (Å²) in [6.07, 6.45) is 3.61. The van der Waals surface area contributed by atoms with Gasteiger partial charge in [0.1, 0.15) is 0 Å². The van der Waals surface area contributed by atoms with Crippen molar-refractivity contribution in [1.29, 1.82) is 0 Å². The molecule has 0 aliphatic rings. The van der Waals surface area contributed by atoms with Gasteiger partial charge in [0.15, 0.2) is 5.11 Å². The molecule has 0 saturated carbocycles. The number of nitrogens with zero attached hydrogens (tertiary/aromatic N) is 2. The Balaban J connectivity index is 2.46. The lowest BCUT2D eigenvalue weighted by atomic mass is 10.2. The maximum Gasteiger partial charge on any atom is 0.270 e. The Morgan fingerprint density at radius 2 is 2.37 bits per heavy atom. The normalized spacial score (nSPS) is 10.4. The van der Waals surface area contributed by atoms with E-state index in [0.29, 0.717) is 10.7 Å². The SMILES string of the molecule is CCCCNC(=S)NN=Cc1cccc([N+](=O)[O-])c1. The lowest BCUT2D eigenvalue weighted by molar-refractivity contribution is -0.384. The number of non-ortho nitro benzene ring substituents is 1. The quantitative estimate of drug-likeness (QED) is 0.274. The van der Waals surface area contributed by atoms with E-state index in [-0.39, 0.29) is 5.69 Å². The van der Waals surface area contributed by atoms with Crippen LogP contribution in [0.2, 0.25) is 0 Å². The van der Waals surface area contributed by atoms with Crippen LogP contribution >= 0.6 is 12.2 Å². The maximum atomic E-state index is 10.6. The van der Waals surface area contributed by atoms with Crippen molar-refractivity contribution < 1.29 is 4.92 Å². The Bertz CT molecular complexity index is 477. The Morgan fingerprint density at radius 3 is 3.05 bits per heavy atom. The van der Waals surface area contributed by atoms with Gasteiger partial charge < -0.3 is 5.32 Å². The van der Waals surface area contributed by atoms with Crippen molar-refractivity contribution in [2.75, 3.05) is 6.54 Å². The molecule has 0 radical (unpaired) electrons. The van der Waals surface area contributed by atoms with Crippen LogP contribution < -0.4 is 10.7 Å². The van der Waals surface area contributed by atoms with E-state index in [1.54, 1.807) is 12.1 Å². The number of nitro benzene ring substituents is 1. The van der Waals surface area contributed by atoms with Crippen LogP contribution in [0.5, 0.6) is 0 Å². The van der Waals surface area contributed by atoms with Crippen molar-refractivity contribution in [2.45, 2.75) is 19.8 Å². The molecule has 0 unspecified atom stereocenters. The molecule has 19 heavy (non-hydrogen) atoms. The van der Waals surface area contributed by atoms with E-state index >= 15 is 0 Å². The van der Waals surface area contributed by atoms with Crippen molar-refractivity contribution >= 4 is 29.2 Å². The zero-order valence-corrected chi connectivity index (χ0v) is 11.4. The molecule has 102 valence electrons. The summed E-state index contributed by atoms with van der Waals surface area (Å²) in [5.41, 5.74) is 3.33. The third kappa shape index (κ3) is 5.91. The van der Waals surface area contributed by atoms with E-state index in [0.717, 1.165) is 19.4 Å². The van der Waals surface area contributed by atoms with Crippen molar-refractivity contribution in [3.63, 3.8) is 0 Å². The second-order valence-electron chi connectivity index (χ2n) is 3.83. The van der Waals surface area contributed by atoms with E-state index in [1.807, 2.05) is 0 Å². The van der Waals surface area contributed by atoms with Crippen LogP contribution in [-0.4, -0.2) is 22.8 Å². The molecule has 0 aliphatic heterocycles. The van der Waals surface area contributed by atoms with Crippen molar-refractivity contribution in [3.05, 3.63) is 39.9 Å². The summed E-state index contributed by atoms with van der Waals surface area (Å²) in [7, 11) is 0. The molecule has 0 amide bonds. The number of benzene rings is 1. The Kier molecular flexibility index (Phi) is 6.45. The standard InChI is InChI=1S/C12H16N4O2S/c1-2-3-7-13-12(19)15-14-9-10-5-4-6-11(8-10)16(17)18/h4-6,8-9H,2-3,7H2,1H3,(H2,13,15,19). The summed E-state index contributed by atoms with van der Waals surface area (Å²) >= 11 is 5.01. The maximum absolute atomic E-state index is 10.6. The molecule has 1 rings (SSSR count). The second kappa shape index (κ2) is 8.15. The second-order valence-corrected chi connectivity index (χ2v) is 4.24. The van der Waals surface area contributed by atoms with Crippen LogP contribution in [0.4, 0.5) is 5.69 Å². The Morgan fingerprint density at radius 1 is 1.58 bits per heavy atom. The van der Waals surface area contributed by atoms with E-state index < -0.39 is 4.92 Å². The fourth-order valence-corrected chi connectivity index (χ4v) is 1.46. The molecule has 0 saturated heterocycles. The number of hydrogen-bond acceptors (Lipinski definition) is 4. The number of nitrogens with one attached hydrogen (secondary N) is 2. The summed E-state index contributed by atoms with van der Waals surface area (Å²) in [5, 5.41) is 18.0. The summed E-state index contributed by atoms with van der Waals surface area (Å²) in [5.74, 6) is 0. The smallest absolute Gasteiger partial charge is 0.270 e. The molecule has 2 N–H and O–H groups in total. The highest BCUT2D eigenvalue weighted by atomic mass is 32.1. The number of hydrogen-bond donors (Lipinski definition) is 2. The number of thiocarbonyl (C=S) groups is 1. The molecule has 1 aromatic rings. The molecular weight excluding hydrogens is 264 g/mol. The fourth-order valence-electron chi connectivity index (χ4n) is 1.30. The van der Waals surface area contributed by atoms with Crippen LogP contribution in [0.25, 0.3) is 0 Å². The highest BCUT2D eigenvalue weighted by Gasteiger charge is 2.03. The number of unbranched alkanes of at least 4 members (excludes halogenated alkanes) is 1. The average molecular weight is 280 g/mol. The molecule has 0 spiro atoms. The van der Waals surface area contributed by atoms with Crippen LogP contribution in [0.15, 0.2) is 29.4 Å². The predicted octanol–water partition coefficient (Wildman–Crippen LogP) is 2.19. The van der Waals surface area contributed by atoms with Crippen molar-refractivity contribution in [2.24, 2.45) is 5.10 Å². The minimum atomic E-state index is -0.443. The molecule has 0 atom stereocenters. The molecular formula is C12H16N4O2S. The van der Waals surface area contributed by atoms with Crippen LogP contribution in [0.3, 0.4) is 0 Å². The lowest BCUT2D eigenvalue weighted by Gasteiger charge is -2.05. The Hall–Kier alpha value is -2.02. The third-order valence-electron chi connectivity index (χ3n) is 2.28. The first-order chi connectivity index (χ1) is 9.13. The Labute approximate surface area is 117 Å². The van der Waals surface area contributed by atoms with Gasteiger partial charge in [0.05, 0.1) is 11.1 Å². The van der Waals surface area contributed by atoms with Gasteiger partial charge in [0, 0.05) is 24.2 Å². The minimum absolute atomic E-state index is 0.0348. The first kappa shape index (κ1) is 15.0. The van der Waals surface area contributed by atoms with Gasteiger partial charge in [-0.05, 0) is 18.6 Å². The van der Waals surface area contributed by atoms with Crippen LogP contribution in [-0.2, 0) is 0 Å². The summed E-state index contributed by atoms with van der Waals surface area (Å²) in [6.45, 7) is 2.90. The van der Waals surface area contributed by atoms with Gasteiger partial charge in [-0.15, -0.1) is 0 Å². The lowest BCUT2D eigenvalue weighted by Crippen LogP contribution is -2.32. The first-order valence-electron chi connectivity index (χ1n) is 5.95. The number of hydrazone groups is 1. The van der Waals surface area contributed by atoms with E-state index in [1.165, 1.54) is 18.3 Å². The average Bonchev–Trinajstić information content (AvgIpc) is 2.39. The first-order valence-corrected chi connectivity index (χ1v) is 6.35. The number of rotatable bonds is 6. The summed E-state index contributed by atoms with van der Waals surface area (Å²) < 4.78 is 0. The number of nitro groups is 1. The topological polar surface area (TPSA) is 79.6 Å². The predicted molar refractivity (Wildman–Crippen MR) is 79.3 cm³/mol. The monoisotopic (exact) mass is 280 g/mol. The van der Waals surface area contributed by atoms with Gasteiger partial charge in [-0.3, -0.25) is 15.5 Å². The van der Waals surface area contributed by atoms with E-state index in [9.17, 15) is 10.1 Å². The van der Waals surface area contributed by atoms with Gasteiger partial charge in [-0.1, -0.05) is 25.5 Å².